The number of aliphatic carboxylic acids is 1. The fourth-order valence-corrected chi connectivity index (χ4v) is 2.16. The van der Waals surface area contributed by atoms with Crippen molar-refractivity contribution in [3.8, 4) is 0 Å². The Balaban J connectivity index is 2.00. The van der Waals surface area contributed by atoms with Crippen LogP contribution < -0.4 is 0 Å². The second-order valence-corrected chi connectivity index (χ2v) is 4.24. The van der Waals surface area contributed by atoms with Crippen LogP contribution in [0.15, 0.2) is 30.3 Å². The topological polar surface area (TPSA) is 46.5 Å². The molecule has 0 spiro atoms. The summed E-state index contributed by atoms with van der Waals surface area (Å²) >= 11 is 0. The van der Waals surface area contributed by atoms with Crippen molar-refractivity contribution in [2.24, 2.45) is 0 Å². The van der Waals surface area contributed by atoms with Crippen molar-refractivity contribution in [2.45, 2.75) is 31.3 Å². The van der Waals surface area contributed by atoms with Gasteiger partial charge in [0.05, 0.1) is 0 Å². The van der Waals surface area contributed by atoms with Crippen molar-refractivity contribution in [2.75, 3.05) is 6.61 Å². The van der Waals surface area contributed by atoms with Crippen LogP contribution in [0, 0.1) is 0 Å². The van der Waals surface area contributed by atoms with Gasteiger partial charge in [-0.05, 0) is 31.2 Å². The maximum Gasteiger partial charge on any atom is 0.335 e. The van der Waals surface area contributed by atoms with E-state index >= 15 is 0 Å². The van der Waals surface area contributed by atoms with Crippen LogP contribution in [-0.2, 0) is 16.0 Å². The van der Waals surface area contributed by atoms with E-state index in [1.54, 1.807) is 0 Å². The Hall–Kier alpha value is -1.35. The molecule has 3 nitrogen and oxygen atoms in total. The van der Waals surface area contributed by atoms with E-state index in [0.717, 1.165) is 12.8 Å². The Morgan fingerprint density at radius 1 is 1.38 bits per heavy atom. The zero-order valence-corrected chi connectivity index (χ0v) is 9.19. The molecule has 1 unspecified atom stereocenters. The van der Waals surface area contributed by atoms with E-state index < -0.39 is 11.6 Å². The molecule has 1 saturated heterocycles. The highest BCUT2D eigenvalue weighted by Gasteiger charge is 2.42. The smallest absolute Gasteiger partial charge is 0.335 e. The number of ether oxygens (including phenoxy) is 1. The van der Waals surface area contributed by atoms with Crippen LogP contribution in [0.1, 0.15) is 24.8 Å². The van der Waals surface area contributed by atoms with Gasteiger partial charge < -0.3 is 9.84 Å². The average molecular weight is 220 g/mol. The number of carboxylic acids is 1. The maximum absolute atomic E-state index is 11.2. The van der Waals surface area contributed by atoms with Crippen LogP contribution >= 0.6 is 0 Å². The summed E-state index contributed by atoms with van der Waals surface area (Å²) in [4.78, 5) is 11.2. The number of rotatable bonds is 4. The predicted molar refractivity (Wildman–Crippen MR) is 60.3 cm³/mol. The van der Waals surface area contributed by atoms with Crippen LogP contribution in [0.25, 0.3) is 0 Å². The van der Waals surface area contributed by atoms with Crippen molar-refractivity contribution < 1.29 is 14.6 Å². The Labute approximate surface area is 95.0 Å². The third-order valence-corrected chi connectivity index (χ3v) is 3.15. The molecule has 1 heterocycles. The summed E-state index contributed by atoms with van der Waals surface area (Å²) < 4.78 is 5.42. The molecule has 0 aromatic heterocycles. The van der Waals surface area contributed by atoms with Gasteiger partial charge in [0.25, 0.3) is 0 Å². The number of benzene rings is 1. The summed E-state index contributed by atoms with van der Waals surface area (Å²) in [5.41, 5.74) is 0.231. The lowest BCUT2D eigenvalue weighted by molar-refractivity contribution is -0.160. The molecule has 0 aliphatic carbocycles. The molecule has 16 heavy (non-hydrogen) atoms. The summed E-state index contributed by atoms with van der Waals surface area (Å²) in [5, 5.41) is 9.22. The van der Waals surface area contributed by atoms with E-state index in [4.69, 9.17) is 4.74 Å². The zero-order chi connectivity index (χ0) is 11.4. The molecule has 1 atom stereocenters. The van der Waals surface area contributed by atoms with E-state index in [2.05, 4.69) is 0 Å². The molecular weight excluding hydrogens is 204 g/mol. The van der Waals surface area contributed by atoms with Crippen molar-refractivity contribution in [1.82, 2.24) is 0 Å². The SMILES string of the molecule is O=C(O)C1(CCc2ccccc2)CCCO1. The van der Waals surface area contributed by atoms with Gasteiger partial charge >= 0.3 is 5.97 Å². The van der Waals surface area contributed by atoms with Crippen LogP contribution in [-0.4, -0.2) is 23.3 Å². The van der Waals surface area contributed by atoms with Gasteiger partial charge in [-0.1, -0.05) is 30.3 Å². The minimum absolute atomic E-state index is 0.562. The third-order valence-electron chi connectivity index (χ3n) is 3.15. The quantitative estimate of drug-likeness (QED) is 0.846. The Kier molecular flexibility index (Phi) is 3.25. The standard InChI is InChI=1S/C13H16O3/c14-12(15)13(8-4-10-16-13)9-7-11-5-2-1-3-6-11/h1-3,5-6H,4,7-10H2,(H,14,15). The lowest BCUT2D eigenvalue weighted by atomic mass is 9.92. The van der Waals surface area contributed by atoms with Crippen LogP contribution in [0.5, 0.6) is 0 Å². The summed E-state index contributed by atoms with van der Waals surface area (Å²) in [6, 6.07) is 9.94. The summed E-state index contributed by atoms with van der Waals surface area (Å²) in [6.45, 7) is 0.571. The largest absolute Gasteiger partial charge is 0.479 e. The lowest BCUT2D eigenvalue weighted by Gasteiger charge is -2.23. The van der Waals surface area contributed by atoms with Gasteiger partial charge in [-0.15, -0.1) is 0 Å². The molecule has 1 aromatic carbocycles. The minimum Gasteiger partial charge on any atom is -0.479 e. The first-order valence-electron chi connectivity index (χ1n) is 5.64. The van der Waals surface area contributed by atoms with Gasteiger partial charge in [-0.25, -0.2) is 4.79 Å². The molecule has 1 aliphatic rings. The molecule has 86 valence electrons. The minimum atomic E-state index is -0.935. The van der Waals surface area contributed by atoms with E-state index in [-0.39, 0.29) is 0 Å². The second-order valence-electron chi connectivity index (χ2n) is 4.24. The number of aryl methyl sites for hydroxylation is 1. The van der Waals surface area contributed by atoms with E-state index in [1.165, 1.54) is 5.56 Å². The fraction of sp³-hybridized carbons (Fsp3) is 0.462. The first kappa shape index (κ1) is 11.1. The Bertz CT molecular complexity index is 353. The first-order valence-corrected chi connectivity index (χ1v) is 5.64. The molecule has 0 radical (unpaired) electrons. The maximum atomic E-state index is 11.2. The van der Waals surface area contributed by atoms with Gasteiger partial charge in [-0.2, -0.15) is 0 Å². The van der Waals surface area contributed by atoms with Crippen LogP contribution in [0.3, 0.4) is 0 Å². The molecule has 1 aromatic rings. The number of carbonyl (C=O) groups is 1. The van der Waals surface area contributed by atoms with Crippen molar-refractivity contribution in [3.63, 3.8) is 0 Å². The zero-order valence-electron chi connectivity index (χ0n) is 9.19. The predicted octanol–water partition coefficient (Wildman–Crippen LogP) is 2.25. The molecule has 2 rings (SSSR count). The summed E-state index contributed by atoms with van der Waals surface area (Å²) in [7, 11) is 0. The highest BCUT2D eigenvalue weighted by atomic mass is 16.5. The molecule has 0 bridgehead atoms. The van der Waals surface area contributed by atoms with Crippen molar-refractivity contribution in [3.05, 3.63) is 35.9 Å². The van der Waals surface area contributed by atoms with Gasteiger partial charge in [0.2, 0.25) is 0 Å². The molecule has 1 N–H and O–H groups in total. The van der Waals surface area contributed by atoms with Crippen LogP contribution in [0.2, 0.25) is 0 Å². The highest BCUT2D eigenvalue weighted by Crippen LogP contribution is 2.30. The fourth-order valence-electron chi connectivity index (χ4n) is 2.16. The van der Waals surface area contributed by atoms with E-state index in [9.17, 15) is 9.90 Å². The van der Waals surface area contributed by atoms with E-state index in [1.807, 2.05) is 30.3 Å². The van der Waals surface area contributed by atoms with Crippen molar-refractivity contribution >= 4 is 5.97 Å². The molecule has 0 saturated carbocycles. The summed E-state index contributed by atoms with van der Waals surface area (Å²) in [6.07, 6.45) is 2.80. The Morgan fingerprint density at radius 2 is 2.12 bits per heavy atom. The van der Waals surface area contributed by atoms with E-state index in [0.29, 0.717) is 19.4 Å². The van der Waals surface area contributed by atoms with Crippen molar-refractivity contribution in [1.29, 1.82) is 0 Å². The average Bonchev–Trinajstić information content (AvgIpc) is 2.78. The Morgan fingerprint density at radius 3 is 2.69 bits per heavy atom. The van der Waals surface area contributed by atoms with Crippen LogP contribution in [0.4, 0.5) is 0 Å². The van der Waals surface area contributed by atoms with Gasteiger partial charge in [-0.3, -0.25) is 0 Å². The number of carboxylic acid groups (broad SMARTS) is 1. The summed E-state index contributed by atoms with van der Waals surface area (Å²) in [5.74, 6) is -0.819. The number of hydrogen-bond acceptors (Lipinski definition) is 2. The molecule has 1 aliphatic heterocycles. The second kappa shape index (κ2) is 4.66. The number of hydrogen-bond donors (Lipinski definition) is 1. The molecule has 1 fully saturated rings. The monoisotopic (exact) mass is 220 g/mol. The highest BCUT2D eigenvalue weighted by molar-refractivity contribution is 5.77. The normalized spacial score (nSPS) is 24.5. The van der Waals surface area contributed by atoms with Gasteiger partial charge in [0.1, 0.15) is 0 Å². The molecule has 3 heteroatoms. The third kappa shape index (κ3) is 2.25. The molecular formula is C13H16O3. The lowest BCUT2D eigenvalue weighted by Crippen LogP contribution is -2.38. The first-order chi connectivity index (χ1) is 7.73. The molecule has 0 amide bonds. The van der Waals surface area contributed by atoms with Gasteiger partial charge in [0, 0.05) is 6.61 Å². The van der Waals surface area contributed by atoms with Gasteiger partial charge in [0.15, 0.2) is 5.60 Å².